The third-order valence-electron chi connectivity index (χ3n) is 1.30. The monoisotopic (exact) mass is 218 g/mol. The van der Waals surface area contributed by atoms with Gasteiger partial charge in [0, 0.05) is 0 Å². The Morgan fingerprint density at radius 3 is 2.36 bits per heavy atom. The van der Waals surface area contributed by atoms with E-state index < -0.39 is 22.1 Å². The number of hydrogen-bond acceptors (Lipinski definition) is 5. The average molecular weight is 218 g/mol. The largest absolute Gasteiger partial charge is 0.507 e. The first-order chi connectivity index (χ1) is 6.40. The molecular formula is C7H6O6S. The predicted molar refractivity (Wildman–Crippen MR) is 45.1 cm³/mol. The Kier molecular flexibility index (Phi) is 2.73. The van der Waals surface area contributed by atoms with Gasteiger partial charge in [-0.2, -0.15) is 8.42 Å². The summed E-state index contributed by atoms with van der Waals surface area (Å²) < 4.78 is 32.1. The van der Waals surface area contributed by atoms with Crippen molar-refractivity contribution in [3.05, 3.63) is 29.8 Å². The lowest BCUT2D eigenvalue weighted by Gasteiger charge is -2.01. The maximum atomic E-state index is 11.0. The van der Waals surface area contributed by atoms with E-state index in [4.69, 9.17) is 9.66 Å². The summed E-state index contributed by atoms with van der Waals surface area (Å²) in [5.41, 5.74) is -0.342. The van der Waals surface area contributed by atoms with Gasteiger partial charge in [-0.15, -0.1) is 0 Å². The maximum Gasteiger partial charge on any atom is 0.449 e. The fraction of sp³-hybridized carbons (Fsp3) is 0. The van der Waals surface area contributed by atoms with Crippen LogP contribution in [0.15, 0.2) is 24.3 Å². The third kappa shape index (κ3) is 2.71. The van der Waals surface area contributed by atoms with Crippen LogP contribution in [0.25, 0.3) is 0 Å². The van der Waals surface area contributed by atoms with Crippen molar-refractivity contribution < 1.29 is 27.1 Å². The van der Waals surface area contributed by atoms with Crippen molar-refractivity contribution >= 4 is 16.4 Å². The van der Waals surface area contributed by atoms with E-state index in [0.717, 1.165) is 6.07 Å². The Labute approximate surface area is 79.7 Å². The number of carbonyl (C=O) groups is 1. The molecule has 0 aromatic heterocycles. The van der Waals surface area contributed by atoms with Crippen LogP contribution in [-0.2, 0) is 14.6 Å². The molecule has 0 saturated heterocycles. The molecule has 6 nitrogen and oxygen atoms in total. The minimum absolute atomic E-state index is 0.342. The van der Waals surface area contributed by atoms with Gasteiger partial charge >= 0.3 is 16.4 Å². The van der Waals surface area contributed by atoms with Crippen LogP contribution in [0.3, 0.4) is 0 Å². The van der Waals surface area contributed by atoms with Gasteiger partial charge in [0.25, 0.3) is 0 Å². The second-order valence-electron chi connectivity index (χ2n) is 2.32. The highest BCUT2D eigenvalue weighted by molar-refractivity contribution is 7.81. The highest BCUT2D eigenvalue weighted by Gasteiger charge is 2.18. The topological polar surface area (TPSA) is 101 Å². The molecule has 7 heteroatoms. The molecule has 14 heavy (non-hydrogen) atoms. The summed E-state index contributed by atoms with van der Waals surface area (Å²) in [6.07, 6.45) is 0. The van der Waals surface area contributed by atoms with Crippen molar-refractivity contribution in [1.29, 1.82) is 0 Å². The van der Waals surface area contributed by atoms with Crippen molar-refractivity contribution in [3.8, 4) is 5.75 Å². The standard InChI is InChI=1S/C7H6O6S/c8-6-4-2-1-3-5(6)7(9)13-14(10,11)12/h1-4,8H,(H,10,11,12). The van der Waals surface area contributed by atoms with Crippen LogP contribution in [0.4, 0.5) is 0 Å². The van der Waals surface area contributed by atoms with E-state index in [1.54, 1.807) is 0 Å². The molecule has 1 rings (SSSR count). The molecule has 1 aromatic rings. The van der Waals surface area contributed by atoms with Crippen molar-refractivity contribution in [2.24, 2.45) is 0 Å². The number of carbonyl (C=O) groups excluding carboxylic acids is 1. The zero-order valence-corrected chi connectivity index (χ0v) is 7.56. The fourth-order valence-electron chi connectivity index (χ4n) is 0.787. The van der Waals surface area contributed by atoms with Gasteiger partial charge in [-0.05, 0) is 12.1 Å². The van der Waals surface area contributed by atoms with Crippen LogP contribution in [0, 0.1) is 0 Å². The number of phenolic OH excluding ortho intramolecular Hbond substituents is 1. The molecule has 0 saturated carbocycles. The average Bonchev–Trinajstić information content (AvgIpc) is 2.01. The summed E-state index contributed by atoms with van der Waals surface area (Å²) in [4.78, 5) is 11.0. The van der Waals surface area contributed by atoms with E-state index in [-0.39, 0.29) is 5.56 Å². The maximum absolute atomic E-state index is 11.0. The lowest BCUT2D eigenvalue weighted by atomic mass is 10.2. The van der Waals surface area contributed by atoms with E-state index in [1.807, 2.05) is 0 Å². The van der Waals surface area contributed by atoms with Crippen LogP contribution < -0.4 is 0 Å². The summed E-state index contributed by atoms with van der Waals surface area (Å²) in [6.45, 7) is 0. The van der Waals surface area contributed by atoms with Gasteiger partial charge < -0.3 is 9.29 Å². The van der Waals surface area contributed by atoms with Crippen molar-refractivity contribution in [2.45, 2.75) is 0 Å². The van der Waals surface area contributed by atoms with Gasteiger partial charge in [-0.1, -0.05) is 12.1 Å². The summed E-state index contributed by atoms with van der Waals surface area (Å²) in [6, 6.07) is 5.18. The highest BCUT2D eigenvalue weighted by Crippen LogP contribution is 2.16. The SMILES string of the molecule is O=C(OS(=O)(=O)O)c1ccccc1O. The molecule has 0 amide bonds. The molecule has 0 spiro atoms. The van der Waals surface area contributed by atoms with Gasteiger partial charge in [0.05, 0.1) is 0 Å². The number of rotatable bonds is 2. The molecule has 2 N–H and O–H groups in total. The summed E-state index contributed by atoms with van der Waals surface area (Å²) >= 11 is 0. The lowest BCUT2D eigenvalue weighted by molar-refractivity contribution is 0.0724. The second kappa shape index (κ2) is 3.64. The minimum atomic E-state index is -4.85. The Morgan fingerprint density at radius 1 is 1.29 bits per heavy atom. The molecule has 0 fully saturated rings. The highest BCUT2D eigenvalue weighted by atomic mass is 32.3. The fourth-order valence-corrected chi connectivity index (χ4v) is 1.07. The molecule has 0 unspecified atom stereocenters. The number of benzene rings is 1. The minimum Gasteiger partial charge on any atom is -0.507 e. The molecule has 0 aliphatic rings. The second-order valence-corrected chi connectivity index (χ2v) is 3.34. The number of hydrogen-bond donors (Lipinski definition) is 2. The van der Waals surface area contributed by atoms with Gasteiger partial charge in [-0.25, -0.2) is 4.79 Å². The number of para-hydroxylation sites is 1. The van der Waals surface area contributed by atoms with Gasteiger partial charge in [-0.3, -0.25) is 4.55 Å². The summed E-state index contributed by atoms with van der Waals surface area (Å²) in [5, 5.41) is 9.10. The lowest BCUT2D eigenvalue weighted by Crippen LogP contribution is -2.11. The Balaban J connectivity index is 2.97. The molecule has 76 valence electrons. The quantitative estimate of drug-likeness (QED) is 0.694. The molecule has 0 atom stereocenters. The zero-order valence-electron chi connectivity index (χ0n) is 6.75. The molecular weight excluding hydrogens is 212 g/mol. The van der Waals surface area contributed by atoms with Gasteiger partial charge in [0.2, 0.25) is 0 Å². The first-order valence-electron chi connectivity index (χ1n) is 3.39. The van der Waals surface area contributed by atoms with E-state index in [1.165, 1.54) is 18.2 Å². The van der Waals surface area contributed by atoms with E-state index in [0.29, 0.717) is 0 Å². The molecule has 0 bridgehead atoms. The number of phenols is 1. The van der Waals surface area contributed by atoms with E-state index in [9.17, 15) is 13.2 Å². The molecule has 0 aliphatic carbocycles. The molecule has 1 aromatic carbocycles. The smallest absolute Gasteiger partial charge is 0.449 e. The van der Waals surface area contributed by atoms with Crippen molar-refractivity contribution in [2.75, 3.05) is 0 Å². The first-order valence-corrected chi connectivity index (χ1v) is 4.76. The van der Waals surface area contributed by atoms with Crippen molar-refractivity contribution in [1.82, 2.24) is 0 Å². The summed E-state index contributed by atoms with van der Waals surface area (Å²) in [5.74, 6) is -1.77. The Hall–Kier alpha value is -1.60. The predicted octanol–water partition coefficient (Wildman–Crippen LogP) is 0.352. The zero-order chi connectivity index (χ0) is 10.8. The first kappa shape index (κ1) is 10.5. The summed E-state index contributed by atoms with van der Waals surface area (Å²) in [7, 11) is -4.85. The van der Waals surface area contributed by atoms with Gasteiger partial charge in [0.1, 0.15) is 11.3 Å². The van der Waals surface area contributed by atoms with Crippen molar-refractivity contribution in [3.63, 3.8) is 0 Å². The van der Waals surface area contributed by atoms with E-state index >= 15 is 0 Å². The van der Waals surface area contributed by atoms with Crippen LogP contribution in [-0.4, -0.2) is 24.0 Å². The molecule has 0 radical (unpaired) electrons. The normalized spacial score (nSPS) is 10.9. The van der Waals surface area contributed by atoms with Crippen LogP contribution in [0.5, 0.6) is 5.75 Å². The van der Waals surface area contributed by atoms with Crippen LogP contribution in [0.2, 0.25) is 0 Å². The number of aromatic hydroxyl groups is 1. The molecule has 0 aliphatic heterocycles. The van der Waals surface area contributed by atoms with Crippen LogP contribution in [0.1, 0.15) is 10.4 Å². The van der Waals surface area contributed by atoms with Gasteiger partial charge in [0.15, 0.2) is 0 Å². The molecule has 0 heterocycles. The third-order valence-corrected chi connectivity index (χ3v) is 1.67. The Bertz CT molecular complexity index is 449. The Morgan fingerprint density at radius 2 is 1.86 bits per heavy atom. The van der Waals surface area contributed by atoms with E-state index in [2.05, 4.69) is 4.18 Å². The van der Waals surface area contributed by atoms with Crippen LogP contribution >= 0.6 is 0 Å².